The normalized spacial score (nSPS) is 28.1. The molecule has 1 saturated heterocycles. The zero-order chi connectivity index (χ0) is 13.1. The number of rotatable bonds is 3. The number of aromatic nitrogens is 2. The lowest BCUT2D eigenvalue weighted by Crippen LogP contribution is -2.55. The SMILES string of the molecule is CCc1nnsc1C(=O)NC1C(C)CCNC1C. The largest absolute Gasteiger partial charge is 0.347 e. The standard InChI is InChI=1S/C12H20N4OS/c1-4-9-11(18-16-15-9)12(17)14-10-7(2)5-6-13-8(10)3/h7-8,10,13H,4-6H2,1-3H3,(H,14,17). The van der Waals surface area contributed by atoms with Gasteiger partial charge in [0.05, 0.1) is 5.69 Å². The summed E-state index contributed by atoms with van der Waals surface area (Å²) in [5.41, 5.74) is 0.793. The third-order valence-corrected chi connectivity index (χ3v) is 4.38. The summed E-state index contributed by atoms with van der Waals surface area (Å²) in [4.78, 5) is 12.9. The summed E-state index contributed by atoms with van der Waals surface area (Å²) in [6.45, 7) is 7.32. The Morgan fingerprint density at radius 2 is 2.33 bits per heavy atom. The Balaban J connectivity index is 2.06. The molecule has 100 valence electrons. The number of hydrogen-bond acceptors (Lipinski definition) is 5. The summed E-state index contributed by atoms with van der Waals surface area (Å²) in [5.74, 6) is 0.463. The molecule has 0 radical (unpaired) electrons. The van der Waals surface area contributed by atoms with E-state index in [0.29, 0.717) is 16.8 Å². The molecule has 1 amide bonds. The van der Waals surface area contributed by atoms with E-state index in [-0.39, 0.29) is 11.9 Å². The smallest absolute Gasteiger partial charge is 0.265 e. The van der Waals surface area contributed by atoms with Crippen molar-refractivity contribution in [1.29, 1.82) is 0 Å². The van der Waals surface area contributed by atoms with E-state index in [1.807, 2.05) is 6.92 Å². The van der Waals surface area contributed by atoms with Crippen molar-refractivity contribution in [3.63, 3.8) is 0 Å². The van der Waals surface area contributed by atoms with Gasteiger partial charge in [-0.05, 0) is 43.8 Å². The Hall–Kier alpha value is -1.01. The minimum Gasteiger partial charge on any atom is -0.347 e. The van der Waals surface area contributed by atoms with Gasteiger partial charge in [-0.2, -0.15) is 0 Å². The summed E-state index contributed by atoms with van der Waals surface area (Å²) >= 11 is 1.18. The molecule has 2 heterocycles. The Bertz CT molecular complexity index is 410. The molecule has 3 unspecified atom stereocenters. The van der Waals surface area contributed by atoms with Crippen molar-refractivity contribution >= 4 is 17.4 Å². The van der Waals surface area contributed by atoms with Gasteiger partial charge >= 0.3 is 0 Å². The molecule has 6 heteroatoms. The van der Waals surface area contributed by atoms with Gasteiger partial charge in [0.15, 0.2) is 0 Å². The first-order chi connectivity index (χ1) is 8.63. The molecule has 0 aromatic carbocycles. The summed E-state index contributed by atoms with van der Waals surface area (Å²) in [5, 5.41) is 10.5. The van der Waals surface area contributed by atoms with Gasteiger partial charge in [-0.1, -0.05) is 18.3 Å². The molecule has 1 aromatic rings. The number of hydrogen-bond donors (Lipinski definition) is 2. The highest BCUT2D eigenvalue weighted by Gasteiger charge is 2.29. The van der Waals surface area contributed by atoms with E-state index in [1.165, 1.54) is 11.5 Å². The first kappa shape index (κ1) is 13.4. The number of nitrogens with one attached hydrogen (secondary N) is 2. The first-order valence-corrected chi connectivity index (χ1v) is 7.26. The van der Waals surface area contributed by atoms with Crippen LogP contribution in [-0.4, -0.2) is 34.1 Å². The van der Waals surface area contributed by atoms with Crippen LogP contribution in [0.5, 0.6) is 0 Å². The maximum atomic E-state index is 12.2. The molecular formula is C12H20N4OS. The summed E-state index contributed by atoms with van der Waals surface area (Å²) in [6.07, 6.45) is 1.84. The number of amides is 1. The molecule has 0 aliphatic carbocycles. The molecule has 5 nitrogen and oxygen atoms in total. The zero-order valence-corrected chi connectivity index (χ0v) is 11.9. The first-order valence-electron chi connectivity index (χ1n) is 6.49. The van der Waals surface area contributed by atoms with E-state index >= 15 is 0 Å². The van der Waals surface area contributed by atoms with Crippen molar-refractivity contribution in [2.24, 2.45) is 5.92 Å². The van der Waals surface area contributed by atoms with Gasteiger partial charge in [0, 0.05) is 12.1 Å². The average Bonchev–Trinajstić information content (AvgIpc) is 2.82. The molecule has 1 aliphatic rings. The maximum Gasteiger partial charge on any atom is 0.265 e. The van der Waals surface area contributed by atoms with Crippen LogP contribution in [-0.2, 0) is 6.42 Å². The predicted octanol–water partition coefficient (Wildman–Crippen LogP) is 1.22. The highest BCUT2D eigenvalue weighted by atomic mass is 32.1. The minimum absolute atomic E-state index is 0.0331. The van der Waals surface area contributed by atoms with Crippen LogP contribution in [0.1, 0.15) is 42.6 Å². The molecule has 1 fully saturated rings. The predicted molar refractivity (Wildman–Crippen MR) is 71.8 cm³/mol. The molecule has 2 rings (SSSR count). The van der Waals surface area contributed by atoms with Crippen LogP contribution in [0.3, 0.4) is 0 Å². The number of aryl methyl sites for hydroxylation is 1. The van der Waals surface area contributed by atoms with Crippen LogP contribution in [0.25, 0.3) is 0 Å². The lowest BCUT2D eigenvalue weighted by atomic mass is 9.89. The molecule has 1 aromatic heterocycles. The van der Waals surface area contributed by atoms with E-state index in [0.717, 1.165) is 25.1 Å². The Kier molecular flexibility index (Phi) is 4.29. The van der Waals surface area contributed by atoms with Gasteiger partial charge in [0.25, 0.3) is 5.91 Å². The van der Waals surface area contributed by atoms with E-state index in [1.54, 1.807) is 0 Å². The molecule has 1 aliphatic heterocycles. The van der Waals surface area contributed by atoms with E-state index in [4.69, 9.17) is 0 Å². The number of carbonyl (C=O) groups is 1. The lowest BCUT2D eigenvalue weighted by Gasteiger charge is -2.35. The molecular weight excluding hydrogens is 248 g/mol. The van der Waals surface area contributed by atoms with Crippen molar-refractivity contribution < 1.29 is 4.79 Å². The van der Waals surface area contributed by atoms with Crippen LogP contribution >= 0.6 is 11.5 Å². The van der Waals surface area contributed by atoms with Crippen LogP contribution in [0.4, 0.5) is 0 Å². The second kappa shape index (κ2) is 5.75. The van der Waals surface area contributed by atoms with Crippen molar-refractivity contribution in [2.75, 3.05) is 6.54 Å². The van der Waals surface area contributed by atoms with Gasteiger partial charge in [-0.25, -0.2) is 0 Å². The van der Waals surface area contributed by atoms with E-state index in [2.05, 4.69) is 34.1 Å². The fraction of sp³-hybridized carbons (Fsp3) is 0.750. The van der Waals surface area contributed by atoms with Crippen molar-refractivity contribution in [1.82, 2.24) is 20.2 Å². The topological polar surface area (TPSA) is 66.9 Å². The van der Waals surface area contributed by atoms with Crippen LogP contribution < -0.4 is 10.6 Å². The van der Waals surface area contributed by atoms with Crippen LogP contribution in [0.2, 0.25) is 0 Å². The van der Waals surface area contributed by atoms with E-state index in [9.17, 15) is 4.79 Å². The van der Waals surface area contributed by atoms with Gasteiger partial charge in [0.1, 0.15) is 4.88 Å². The monoisotopic (exact) mass is 268 g/mol. The summed E-state index contributed by atoms with van der Waals surface area (Å²) in [7, 11) is 0. The second-order valence-electron chi connectivity index (χ2n) is 4.91. The summed E-state index contributed by atoms with van der Waals surface area (Å²) in [6, 6.07) is 0.488. The van der Waals surface area contributed by atoms with Crippen molar-refractivity contribution in [3.8, 4) is 0 Å². The fourth-order valence-electron chi connectivity index (χ4n) is 2.43. The summed E-state index contributed by atoms with van der Waals surface area (Å²) < 4.78 is 3.86. The molecule has 2 N–H and O–H groups in total. The minimum atomic E-state index is -0.0331. The molecule has 0 spiro atoms. The number of nitrogens with zero attached hydrogens (tertiary/aromatic N) is 2. The Morgan fingerprint density at radius 3 is 3.00 bits per heavy atom. The quantitative estimate of drug-likeness (QED) is 0.865. The van der Waals surface area contributed by atoms with Gasteiger partial charge in [-0.15, -0.1) is 5.10 Å². The third-order valence-electron chi connectivity index (χ3n) is 3.61. The van der Waals surface area contributed by atoms with Crippen molar-refractivity contribution in [2.45, 2.75) is 45.7 Å². The highest BCUT2D eigenvalue weighted by molar-refractivity contribution is 7.08. The molecule has 0 saturated carbocycles. The highest BCUT2D eigenvalue weighted by Crippen LogP contribution is 2.18. The number of carbonyl (C=O) groups excluding carboxylic acids is 1. The van der Waals surface area contributed by atoms with Crippen LogP contribution in [0.15, 0.2) is 0 Å². The molecule has 0 bridgehead atoms. The Morgan fingerprint density at radius 1 is 1.56 bits per heavy atom. The molecule has 3 atom stereocenters. The fourth-order valence-corrected chi connectivity index (χ4v) is 3.09. The van der Waals surface area contributed by atoms with Crippen LogP contribution in [0, 0.1) is 5.92 Å². The Labute approximate surface area is 112 Å². The number of piperidine rings is 1. The van der Waals surface area contributed by atoms with Gasteiger partial charge in [-0.3, -0.25) is 4.79 Å². The maximum absolute atomic E-state index is 12.2. The molecule has 18 heavy (non-hydrogen) atoms. The van der Waals surface area contributed by atoms with Gasteiger partial charge in [0.2, 0.25) is 0 Å². The van der Waals surface area contributed by atoms with E-state index < -0.39 is 0 Å². The zero-order valence-electron chi connectivity index (χ0n) is 11.1. The van der Waals surface area contributed by atoms with Gasteiger partial charge < -0.3 is 10.6 Å². The van der Waals surface area contributed by atoms with Crippen molar-refractivity contribution in [3.05, 3.63) is 10.6 Å². The lowest BCUT2D eigenvalue weighted by molar-refractivity contribution is 0.0900. The average molecular weight is 268 g/mol. The third kappa shape index (κ3) is 2.70. The second-order valence-corrected chi connectivity index (χ2v) is 5.66.